The van der Waals surface area contributed by atoms with Crippen molar-refractivity contribution in [3.05, 3.63) is 61.4 Å². The van der Waals surface area contributed by atoms with Gasteiger partial charge in [0.25, 0.3) is 5.56 Å². The molecule has 0 saturated heterocycles. The fourth-order valence-corrected chi connectivity index (χ4v) is 4.27. The summed E-state index contributed by atoms with van der Waals surface area (Å²) in [6.45, 7) is 3.92. The molecule has 0 spiro atoms. The first-order valence-corrected chi connectivity index (χ1v) is 10.1. The van der Waals surface area contributed by atoms with Crippen LogP contribution in [0.15, 0.2) is 41.2 Å². The van der Waals surface area contributed by atoms with E-state index < -0.39 is 0 Å². The van der Waals surface area contributed by atoms with Gasteiger partial charge in [-0.25, -0.2) is 4.68 Å². The second-order valence-electron chi connectivity index (χ2n) is 6.05. The maximum Gasteiger partial charge on any atom is 0.267 e. The van der Waals surface area contributed by atoms with E-state index in [-0.39, 0.29) is 23.8 Å². The number of hydrogen-bond donors (Lipinski definition) is 1. The fraction of sp³-hybridized carbons (Fsp3) is 0.263. The highest BCUT2D eigenvalue weighted by Gasteiger charge is 2.13. The molecule has 6 nitrogen and oxygen atoms in total. The number of carbonyl (C=O) groups is 2. The van der Waals surface area contributed by atoms with Crippen molar-refractivity contribution < 1.29 is 9.59 Å². The summed E-state index contributed by atoms with van der Waals surface area (Å²) in [4.78, 5) is 39.3. The molecule has 0 aliphatic rings. The van der Waals surface area contributed by atoms with Crippen LogP contribution in [-0.2, 0) is 17.8 Å². The molecule has 3 rings (SSSR count). The predicted octanol–water partition coefficient (Wildman–Crippen LogP) is 2.90. The third-order valence-corrected chi connectivity index (χ3v) is 6.04. The van der Waals surface area contributed by atoms with Crippen molar-refractivity contribution in [1.29, 1.82) is 0 Å². The minimum Gasteiger partial charge on any atom is -0.356 e. The summed E-state index contributed by atoms with van der Waals surface area (Å²) < 4.78 is 1.21. The molecule has 3 aromatic heterocycles. The lowest BCUT2D eigenvalue weighted by molar-refractivity contribution is -0.118. The highest BCUT2D eigenvalue weighted by atomic mass is 32.1. The normalized spacial score (nSPS) is 10.7. The van der Waals surface area contributed by atoms with Gasteiger partial charge in [0.2, 0.25) is 5.91 Å². The van der Waals surface area contributed by atoms with Gasteiger partial charge in [0.1, 0.15) is 12.2 Å². The molecular weight excluding hydrogens is 382 g/mol. The summed E-state index contributed by atoms with van der Waals surface area (Å²) in [5, 5.41) is 7.08. The molecular formula is C19H19N3O3S2. The number of carbonyl (C=O) groups excluding carboxylic acids is 2. The SMILES string of the molecule is CC(=O)NCCc1ccc(C(=O)Cn2nc(-c3ccc(C)s3)ccc2=O)s1. The number of ketones is 1. The van der Waals surface area contributed by atoms with Crippen LogP contribution in [0.5, 0.6) is 0 Å². The number of amides is 1. The summed E-state index contributed by atoms with van der Waals surface area (Å²) in [7, 11) is 0. The molecule has 0 radical (unpaired) electrons. The fourth-order valence-electron chi connectivity index (χ4n) is 2.50. The van der Waals surface area contributed by atoms with Crippen molar-refractivity contribution in [1.82, 2.24) is 15.1 Å². The maximum atomic E-state index is 12.6. The number of Topliss-reactive ketones (excluding diaryl/α,β-unsaturated/α-hetero) is 1. The average molecular weight is 402 g/mol. The monoisotopic (exact) mass is 401 g/mol. The van der Waals surface area contributed by atoms with E-state index in [1.165, 1.54) is 29.0 Å². The van der Waals surface area contributed by atoms with Gasteiger partial charge in [0.15, 0.2) is 5.78 Å². The van der Waals surface area contributed by atoms with Crippen molar-refractivity contribution in [2.24, 2.45) is 0 Å². The molecule has 140 valence electrons. The molecule has 0 aromatic carbocycles. The molecule has 0 aliphatic heterocycles. The second-order valence-corrected chi connectivity index (χ2v) is 8.50. The topological polar surface area (TPSA) is 81.1 Å². The number of aryl methyl sites for hydroxylation is 1. The van der Waals surface area contributed by atoms with Crippen LogP contribution < -0.4 is 10.9 Å². The number of thiophene rings is 2. The lowest BCUT2D eigenvalue weighted by atomic mass is 10.3. The Morgan fingerprint density at radius 2 is 1.93 bits per heavy atom. The van der Waals surface area contributed by atoms with E-state index >= 15 is 0 Å². The van der Waals surface area contributed by atoms with Crippen molar-refractivity contribution in [3.63, 3.8) is 0 Å². The Labute approximate surface area is 164 Å². The van der Waals surface area contributed by atoms with E-state index in [0.29, 0.717) is 23.5 Å². The Bertz CT molecular complexity index is 1030. The standard InChI is InChI=1S/C19H19N3O3S2/c1-12-3-6-17(26-12)15-5-8-19(25)22(21-15)11-16(24)18-7-4-14(27-18)9-10-20-13(2)23/h3-8H,9-11H2,1-2H3,(H,20,23). The van der Waals surface area contributed by atoms with Gasteiger partial charge in [-0.3, -0.25) is 14.4 Å². The number of hydrogen-bond acceptors (Lipinski definition) is 6. The molecule has 0 atom stereocenters. The molecule has 3 aromatic rings. The average Bonchev–Trinajstić information content (AvgIpc) is 3.26. The molecule has 8 heteroatoms. The highest BCUT2D eigenvalue weighted by molar-refractivity contribution is 7.15. The van der Waals surface area contributed by atoms with Crippen molar-refractivity contribution in [2.75, 3.05) is 6.54 Å². The first-order chi connectivity index (χ1) is 12.9. The number of nitrogens with zero attached hydrogens (tertiary/aromatic N) is 2. The van der Waals surface area contributed by atoms with Crippen LogP contribution in [-0.4, -0.2) is 28.0 Å². The molecule has 27 heavy (non-hydrogen) atoms. The second kappa shape index (κ2) is 8.41. The largest absolute Gasteiger partial charge is 0.356 e. The Kier molecular flexibility index (Phi) is 5.98. The summed E-state index contributed by atoms with van der Waals surface area (Å²) in [5.74, 6) is -0.228. The third kappa shape index (κ3) is 4.99. The lowest BCUT2D eigenvalue weighted by Gasteiger charge is -2.05. The first kappa shape index (κ1) is 19.2. The Morgan fingerprint density at radius 3 is 2.63 bits per heavy atom. The molecule has 0 saturated carbocycles. The van der Waals surface area contributed by atoms with Crippen molar-refractivity contribution in [2.45, 2.75) is 26.8 Å². The smallest absolute Gasteiger partial charge is 0.267 e. The number of nitrogens with one attached hydrogen (secondary N) is 1. The first-order valence-electron chi connectivity index (χ1n) is 8.44. The van der Waals surface area contributed by atoms with Crippen LogP contribution in [0.1, 0.15) is 26.3 Å². The predicted molar refractivity (Wildman–Crippen MR) is 108 cm³/mol. The van der Waals surface area contributed by atoms with Crippen LogP contribution in [0.25, 0.3) is 10.6 Å². The minimum absolute atomic E-state index is 0.0749. The zero-order valence-corrected chi connectivity index (χ0v) is 16.7. The van der Waals surface area contributed by atoms with Gasteiger partial charge in [0, 0.05) is 29.3 Å². The van der Waals surface area contributed by atoms with E-state index in [0.717, 1.165) is 14.6 Å². The zero-order valence-electron chi connectivity index (χ0n) is 15.0. The molecule has 3 heterocycles. The summed E-state index contributed by atoms with van der Waals surface area (Å²) in [6, 6.07) is 10.7. The van der Waals surface area contributed by atoms with E-state index in [1.54, 1.807) is 23.5 Å². The summed E-state index contributed by atoms with van der Waals surface area (Å²) >= 11 is 2.97. The van der Waals surface area contributed by atoms with E-state index in [4.69, 9.17) is 0 Å². The third-order valence-electron chi connectivity index (χ3n) is 3.83. The Hall–Kier alpha value is -2.58. The van der Waals surface area contributed by atoms with Gasteiger partial charge in [-0.15, -0.1) is 22.7 Å². The summed E-state index contributed by atoms with van der Waals surface area (Å²) in [6.07, 6.45) is 0.670. The van der Waals surface area contributed by atoms with Crippen molar-refractivity contribution >= 4 is 34.4 Å². The number of aromatic nitrogens is 2. The number of rotatable bonds is 7. The maximum absolute atomic E-state index is 12.6. The van der Waals surface area contributed by atoms with Crippen molar-refractivity contribution in [3.8, 4) is 10.6 Å². The minimum atomic E-state index is -0.303. The van der Waals surface area contributed by atoms with Gasteiger partial charge >= 0.3 is 0 Å². The lowest BCUT2D eigenvalue weighted by Crippen LogP contribution is -2.26. The molecule has 1 N–H and O–H groups in total. The van der Waals surface area contributed by atoms with Gasteiger partial charge in [-0.05, 0) is 43.7 Å². The van der Waals surface area contributed by atoms with Crippen LogP contribution in [0.3, 0.4) is 0 Å². The zero-order chi connectivity index (χ0) is 19.4. The van der Waals surface area contributed by atoms with Gasteiger partial charge < -0.3 is 5.32 Å². The van der Waals surface area contributed by atoms with Gasteiger partial charge in [-0.2, -0.15) is 5.10 Å². The highest BCUT2D eigenvalue weighted by Crippen LogP contribution is 2.25. The van der Waals surface area contributed by atoms with E-state index in [2.05, 4.69) is 10.4 Å². The van der Waals surface area contributed by atoms with E-state index in [1.807, 2.05) is 25.1 Å². The molecule has 0 fully saturated rings. The quantitative estimate of drug-likeness (QED) is 0.617. The van der Waals surface area contributed by atoms with Crippen LogP contribution in [0, 0.1) is 6.92 Å². The molecule has 1 amide bonds. The van der Waals surface area contributed by atoms with E-state index in [9.17, 15) is 14.4 Å². The van der Waals surface area contributed by atoms with Gasteiger partial charge in [0.05, 0.1) is 9.75 Å². The molecule has 0 aliphatic carbocycles. The van der Waals surface area contributed by atoms with Crippen LogP contribution in [0.4, 0.5) is 0 Å². The van der Waals surface area contributed by atoms with Gasteiger partial charge in [-0.1, -0.05) is 0 Å². The van der Waals surface area contributed by atoms with Crippen LogP contribution >= 0.6 is 22.7 Å². The summed E-state index contributed by atoms with van der Waals surface area (Å²) in [5.41, 5.74) is 0.380. The molecule has 0 bridgehead atoms. The Balaban J connectivity index is 1.71. The molecule has 0 unspecified atom stereocenters. The van der Waals surface area contributed by atoms with Crippen LogP contribution in [0.2, 0.25) is 0 Å². The Morgan fingerprint density at radius 1 is 1.11 bits per heavy atom.